The Morgan fingerprint density at radius 1 is 1.73 bits per heavy atom. The van der Waals surface area contributed by atoms with Crippen molar-refractivity contribution >= 4 is 6.08 Å². The zero-order valence-corrected chi connectivity index (χ0v) is 6.20. The van der Waals surface area contributed by atoms with Crippen molar-refractivity contribution < 1.29 is 9.53 Å². The van der Waals surface area contributed by atoms with Crippen LogP contribution in [-0.4, -0.2) is 24.8 Å². The third-order valence-corrected chi connectivity index (χ3v) is 1.93. The van der Waals surface area contributed by atoms with Gasteiger partial charge in [-0.15, -0.1) is 0 Å². The highest BCUT2D eigenvalue weighted by molar-refractivity contribution is 5.38. The van der Waals surface area contributed by atoms with Crippen LogP contribution >= 0.6 is 0 Å². The first-order valence-electron chi connectivity index (χ1n) is 3.29. The summed E-state index contributed by atoms with van der Waals surface area (Å²) in [5.41, 5.74) is -0.831. The van der Waals surface area contributed by atoms with E-state index in [1.807, 2.05) is 6.07 Å². The van der Waals surface area contributed by atoms with E-state index < -0.39 is 5.54 Å². The fourth-order valence-corrected chi connectivity index (χ4v) is 1.16. The van der Waals surface area contributed by atoms with Crippen LogP contribution in [0.2, 0.25) is 0 Å². The summed E-state index contributed by atoms with van der Waals surface area (Å²) in [4.78, 5) is 13.3. The molecule has 0 saturated heterocycles. The quantitative estimate of drug-likeness (QED) is 0.424. The summed E-state index contributed by atoms with van der Waals surface area (Å²) >= 11 is 0. The fourth-order valence-electron chi connectivity index (χ4n) is 1.16. The Balaban J connectivity index is 2.58. The van der Waals surface area contributed by atoms with Crippen molar-refractivity contribution in [2.75, 3.05) is 7.11 Å². The molecule has 0 atom stereocenters. The van der Waals surface area contributed by atoms with Crippen molar-refractivity contribution in [1.82, 2.24) is 0 Å². The van der Waals surface area contributed by atoms with Gasteiger partial charge in [-0.3, -0.25) is 0 Å². The van der Waals surface area contributed by atoms with Gasteiger partial charge in [-0.2, -0.15) is 10.3 Å². The normalized spacial score (nSPS) is 34.7. The standard InChI is InChI=1S/C7H8N2O2/c1-11-6-2-7(3-6,4-8)9-5-10/h6H,2-3H2,1H3. The second kappa shape index (κ2) is 2.83. The lowest BCUT2D eigenvalue weighted by atomic mass is 9.76. The molecule has 0 heterocycles. The van der Waals surface area contributed by atoms with E-state index in [2.05, 4.69) is 4.99 Å². The van der Waals surface area contributed by atoms with Crippen LogP contribution in [0.25, 0.3) is 0 Å². The van der Waals surface area contributed by atoms with Crippen LogP contribution < -0.4 is 0 Å². The highest BCUT2D eigenvalue weighted by atomic mass is 16.5. The molecule has 0 aromatic heterocycles. The van der Waals surface area contributed by atoms with Gasteiger partial charge in [0.25, 0.3) is 0 Å². The molecule has 0 aromatic carbocycles. The van der Waals surface area contributed by atoms with Crippen LogP contribution in [0.15, 0.2) is 4.99 Å². The predicted octanol–water partition coefficient (Wildman–Crippen LogP) is 0.393. The second-order valence-corrected chi connectivity index (χ2v) is 2.61. The summed E-state index contributed by atoms with van der Waals surface area (Å²) in [5.74, 6) is 0. The van der Waals surface area contributed by atoms with Gasteiger partial charge in [0.15, 0.2) is 5.54 Å². The Hall–Kier alpha value is -1.17. The maximum Gasteiger partial charge on any atom is 0.236 e. The molecular weight excluding hydrogens is 144 g/mol. The number of nitrogens with zero attached hydrogens (tertiary/aromatic N) is 2. The van der Waals surface area contributed by atoms with Gasteiger partial charge in [0, 0.05) is 20.0 Å². The summed E-state index contributed by atoms with van der Waals surface area (Å²) in [5, 5.41) is 8.60. The number of methoxy groups -OCH3 is 1. The smallest absolute Gasteiger partial charge is 0.236 e. The summed E-state index contributed by atoms with van der Waals surface area (Å²) in [6, 6.07) is 1.97. The van der Waals surface area contributed by atoms with Crippen LogP contribution in [-0.2, 0) is 9.53 Å². The summed E-state index contributed by atoms with van der Waals surface area (Å²) in [7, 11) is 1.58. The van der Waals surface area contributed by atoms with Crippen LogP contribution in [0.3, 0.4) is 0 Å². The lowest BCUT2D eigenvalue weighted by Gasteiger charge is -2.36. The molecule has 0 aliphatic heterocycles. The van der Waals surface area contributed by atoms with E-state index in [4.69, 9.17) is 10.00 Å². The van der Waals surface area contributed by atoms with E-state index in [0.29, 0.717) is 12.8 Å². The predicted molar refractivity (Wildman–Crippen MR) is 36.5 cm³/mol. The number of isocyanates is 1. The van der Waals surface area contributed by atoms with Gasteiger partial charge in [0.1, 0.15) is 0 Å². The van der Waals surface area contributed by atoms with Crippen molar-refractivity contribution in [1.29, 1.82) is 5.26 Å². The average Bonchev–Trinajstić information content (AvgIpc) is 1.96. The second-order valence-electron chi connectivity index (χ2n) is 2.61. The Labute approximate surface area is 64.5 Å². The van der Waals surface area contributed by atoms with Crippen molar-refractivity contribution in [3.05, 3.63) is 0 Å². The zero-order chi connectivity index (χ0) is 8.32. The van der Waals surface area contributed by atoms with Gasteiger partial charge >= 0.3 is 0 Å². The number of hydrogen-bond acceptors (Lipinski definition) is 4. The molecule has 1 fully saturated rings. The minimum Gasteiger partial charge on any atom is -0.381 e. The first-order valence-corrected chi connectivity index (χ1v) is 3.29. The third-order valence-electron chi connectivity index (χ3n) is 1.93. The van der Waals surface area contributed by atoms with Crippen molar-refractivity contribution in [3.8, 4) is 6.07 Å². The molecule has 0 aromatic rings. The van der Waals surface area contributed by atoms with Crippen LogP contribution in [0.1, 0.15) is 12.8 Å². The average molecular weight is 152 g/mol. The largest absolute Gasteiger partial charge is 0.381 e. The SMILES string of the molecule is COC1CC(C#N)(N=C=O)C1. The molecule has 4 heteroatoms. The van der Waals surface area contributed by atoms with Gasteiger partial charge in [0.2, 0.25) is 6.08 Å². The van der Waals surface area contributed by atoms with Gasteiger partial charge in [-0.25, -0.2) is 4.79 Å². The maximum absolute atomic E-state index is 9.88. The highest BCUT2D eigenvalue weighted by Crippen LogP contribution is 2.36. The first-order chi connectivity index (χ1) is 5.26. The van der Waals surface area contributed by atoms with Crippen LogP contribution in [0, 0.1) is 11.3 Å². The lowest BCUT2D eigenvalue weighted by molar-refractivity contribution is 0.00700. The van der Waals surface area contributed by atoms with Crippen LogP contribution in [0.4, 0.5) is 0 Å². The van der Waals surface area contributed by atoms with E-state index >= 15 is 0 Å². The number of aliphatic imine (C=N–C) groups is 1. The van der Waals surface area contributed by atoms with Gasteiger partial charge in [-0.1, -0.05) is 0 Å². The van der Waals surface area contributed by atoms with Gasteiger partial charge in [-0.05, 0) is 0 Å². The third kappa shape index (κ3) is 1.30. The van der Waals surface area contributed by atoms with Crippen molar-refractivity contribution in [2.24, 2.45) is 4.99 Å². The molecule has 1 aliphatic rings. The summed E-state index contributed by atoms with van der Waals surface area (Å²) in [6.07, 6.45) is 2.50. The summed E-state index contributed by atoms with van der Waals surface area (Å²) < 4.78 is 4.95. The number of nitriles is 1. The molecular formula is C7H8N2O2. The van der Waals surface area contributed by atoms with Crippen molar-refractivity contribution in [2.45, 2.75) is 24.5 Å². The molecule has 4 nitrogen and oxygen atoms in total. The van der Waals surface area contributed by atoms with Crippen LogP contribution in [0.5, 0.6) is 0 Å². The highest BCUT2D eigenvalue weighted by Gasteiger charge is 2.45. The number of hydrogen-bond donors (Lipinski definition) is 0. The van der Waals surface area contributed by atoms with E-state index in [1.54, 1.807) is 7.11 Å². The molecule has 1 saturated carbocycles. The molecule has 0 amide bonds. The zero-order valence-electron chi connectivity index (χ0n) is 6.20. The number of rotatable bonds is 2. The molecule has 58 valence electrons. The minimum atomic E-state index is -0.831. The van der Waals surface area contributed by atoms with Gasteiger partial charge < -0.3 is 4.74 Å². The number of carbonyl (C=O) groups excluding carboxylic acids is 1. The Kier molecular flexibility index (Phi) is 2.04. The molecule has 0 radical (unpaired) electrons. The first kappa shape index (κ1) is 7.93. The fraction of sp³-hybridized carbons (Fsp3) is 0.714. The van der Waals surface area contributed by atoms with Crippen molar-refractivity contribution in [3.63, 3.8) is 0 Å². The topological polar surface area (TPSA) is 62.4 Å². The molecule has 11 heavy (non-hydrogen) atoms. The van der Waals surface area contributed by atoms with E-state index in [-0.39, 0.29) is 6.10 Å². The van der Waals surface area contributed by atoms with Gasteiger partial charge in [0.05, 0.1) is 12.2 Å². The molecule has 0 spiro atoms. The van der Waals surface area contributed by atoms with E-state index in [9.17, 15) is 4.79 Å². The number of ether oxygens (including phenoxy) is 1. The molecule has 1 rings (SSSR count). The Morgan fingerprint density at radius 3 is 2.73 bits per heavy atom. The Morgan fingerprint density at radius 2 is 2.36 bits per heavy atom. The lowest BCUT2D eigenvalue weighted by Crippen LogP contribution is -2.45. The van der Waals surface area contributed by atoms with E-state index in [0.717, 1.165) is 0 Å². The molecule has 0 N–H and O–H groups in total. The molecule has 0 unspecified atom stereocenters. The molecule has 0 bridgehead atoms. The maximum atomic E-state index is 9.88. The summed E-state index contributed by atoms with van der Waals surface area (Å²) in [6.45, 7) is 0. The molecule has 1 aliphatic carbocycles. The minimum absolute atomic E-state index is 0.0757. The Bertz CT molecular complexity index is 231. The van der Waals surface area contributed by atoms with E-state index in [1.165, 1.54) is 6.08 Å². The monoisotopic (exact) mass is 152 g/mol.